The minimum absolute atomic E-state index is 0.159. The van der Waals surface area contributed by atoms with Crippen LogP contribution in [0.5, 0.6) is 0 Å². The standard InChI is InChI=1S/C16H16ClNO4S/c17-12-2-1-3-14(10-12)23(20)11-13-4-5-15(22-13)16(19)18-6-8-21-9-7-18/h1-5,10H,6-9,11H2/t23-/m0/s1. The average Bonchev–Trinajstić information content (AvgIpc) is 3.03. The van der Waals surface area contributed by atoms with Crippen molar-refractivity contribution in [1.82, 2.24) is 4.90 Å². The molecule has 0 bridgehead atoms. The Morgan fingerprint density at radius 3 is 2.74 bits per heavy atom. The van der Waals surface area contributed by atoms with E-state index in [1.165, 1.54) is 0 Å². The second-order valence-corrected chi connectivity index (χ2v) is 7.01. The summed E-state index contributed by atoms with van der Waals surface area (Å²) >= 11 is 5.91. The molecule has 1 aliphatic heterocycles. The van der Waals surface area contributed by atoms with Crippen LogP contribution in [0.25, 0.3) is 0 Å². The fourth-order valence-corrected chi connectivity index (χ4v) is 3.64. The zero-order valence-corrected chi connectivity index (χ0v) is 13.9. The topological polar surface area (TPSA) is 59.8 Å². The lowest BCUT2D eigenvalue weighted by Gasteiger charge is -2.25. The first-order valence-electron chi connectivity index (χ1n) is 7.23. The molecule has 1 aromatic heterocycles. The van der Waals surface area contributed by atoms with Crippen molar-refractivity contribution in [2.75, 3.05) is 26.3 Å². The molecule has 0 aliphatic carbocycles. The highest BCUT2D eigenvalue weighted by molar-refractivity contribution is 7.84. The van der Waals surface area contributed by atoms with Crippen molar-refractivity contribution in [2.24, 2.45) is 0 Å². The summed E-state index contributed by atoms with van der Waals surface area (Å²) in [6, 6.07) is 10.2. The van der Waals surface area contributed by atoms with E-state index in [2.05, 4.69) is 0 Å². The zero-order valence-electron chi connectivity index (χ0n) is 12.4. The van der Waals surface area contributed by atoms with Crippen LogP contribution in [0, 0.1) is 0 Å². The van der Waals surface area contributed by atoms with E-state index in [0.717, 1.165) is 0 Å². The van der Waals surface area contributed by atoms with Gasteiger partial charge in [-0.15, -0.1) is 0 Å². The molecule has 0 saturated carbocycles. The van der Waals surface area contributed by atoms with E-state index in [1.807, 2.05) is 0 Å². The molecule has 0 unspecified atom stereocenters. The Kier molecular flexibility index (Phi) is 5.15. The molecule has 122 valence electrons. The second-order valence-electron chi connectivity index (χ2n) is 5.12. The number of morpholine rings is 1. The fraction of sp³-hybridized carbons (Fsp3) is 0.312. The van der Waals surface area contributed by atoms with E-state index in [9.17, 15) is 9.00 Å². The first kappa shape index (κ1) is 16.2. The maximum atomic E-state index is 12.3. The van der Waals surface area contributed by atoms with E-state index in [4.69, 9.17) is 20.8 Å². The Hall–Kier alpha value is -1.63. The molecule has 23 heavy (non-hydrogen) atoms. The summed E-state index contributed by atoms with van der Waals surface area (Å²) in [7, 11) is -1.27. The maximum Gasteiger partial charge on any atom is 0.289 e. The summed E-state index contributed by atoms with van der Waals surface area (Å²) in [6.07, 6.45) is 0. The number of benzene rings is 1. The summed E-state index contributed by atoms with van der Waals surface area (Å²) in [4.78, 5) is 14.6. The molecule has 0 radical (unpaired) electrons. The molecule has 1 amide bonds. The number of hydrogen-bond donors (Lipinski definition) is 0. The molecule has 3 rings (SSSR count). The first-order chi connectivity index (χ1) is 11.1. The largest absolute Gasteiger partial charge is 0.455 e. The third-order valence-corrected chi connectivity index (χ3v) is 5.06. The lowest BCUT2D eigenvalue weighted by atomic mass is 10.3. The molecule has 1 saturated heterocycles. The number of halogens is 1. The third kappa shape index (κ3) is 4.02. The predicted octanol–water partition coefficient (Wildman–Crippen LogP) is 2.71. The van der Waals surface area contributed by atoms with Gasteiger partial charge in [-0.2, -0.15) is 0 Å². The molecule has 1 aliphatic rings. The van der Waals surface area contributed by atoms with E-state index in [-0.39, 0.29) is 17.4 Å². The van der Waals surface area contributed by atoms with Gasteiger partial charge in [0.25, 0.3) is 5.91 Å². The molecule has 0 spiro atoms. The van der Waals surface area contributed by atoms with Gasteiger partial charge >= 0.3 is 0 Å². The van der Waals surface area contributed by atoms with Crippen molar-refractivity contribution >= 4 is 28.3 Å². The van der Waals surface area contributed by atoms with Crippen LogP contribution in [0.15, 0.2) is 45.7 Å². The van der Waals surface area contributed by atoms with Crippen molar-refractivity contribution in [3.05, 3.63) is 52.9 Å². The van der Waals surface area contributed by atoms with Gasteiger partial charge in [0, 0.05) is 23.0 Å². The Balaban J connectivity index is 1.67. The van der Waals surface area contributed by atoms with Crippen LogP contribution < -0.4 is 0 Å². The number of carbonyl (C=O) groups is 1. The van der Waals surface area contributed by atoms with Gasteiger partial charge in [-0.25, -0.2) is 0 Å². The lowest BCUT2D eigenvalue weighted by molar-refractivity contribution is 0.0282. The number of furan rings is 1. The number of carbonyl (C=O) groups excluding carboxylic acids is 1. The summed E-state index contributed by atoms with van der Waals surface area (Å²) < 4.78 is 23.1. The number of nitrogens with zero attached hydrogens (tertiary/aromatic N) is 1. The molecule has 2 heterocycles. The molecule has 1 fully saturated rings. The smallest absolute Gasteiger partial charge is 0.289 e. The summed E-state index contributed by atoms with van der Waals surface area (Å²) in [5, 5.41) is 0.540. The van der Waals surface area contributed by atoms with Crippen molar-refractivity contribution in [1.29, 1.82) is 0 Å². The molecular weight excluding hydrogens is 338 g/mol. The highest BCUT2D eigenvalue weighted by Gasteiger charge is 2.21. The van der Waals surface area contributed by atoms with Gasteiger partial charge in [0.05, 0.1) is 29.8 Å². The molecule has 7 heteroatoms. The quantitative estimate of drug-likeness (QED) is 0.848. The van der Waals surface area contributed by atoms with Crippen LogP contribution in [-0.2, 0) is 21.3 Å². The van der Waals surface area contributed by atoms with Gasteiger partial charge in [-0.1, -0.05) is 17.7 Å². The summed E-state index contributed by atoms with van der Waals surface area (Å²) in [5.41, 5.74) is 0. The monoisotopic (exact) mass is 353 g/mol. The highest BCUT2D eigenvalue weighted by Crippen LogP contribution is 2.19. The summed E-state index contributed by atoms with van der Waals surface area (Å²) in [6.45, 7) is 2.20. The van der Waals surface area contributed by atoms with Crippen molar-refractivity contribution in [3.8, 4) is 0 Å². The van der Waals surface area contributed by atoms with E-state index < -0.39 is 10.8 Å². The molecule has 0 N–H and O–H groups in total. The zero-order chi connectivity index (χ0) is 16.2. The van der Waals surface area contributed by atoms with Crippen molar-refractivity contribution in [3.63, 3.8) is 0 Å². The Morgan fingerprint density at radius 1 is 1.22 bits per heavy atom. The Labute approximate surface area is 141 Å². The van der Waals surface area contributed by atoms with Gasteiger partial charge in [-0.05, 0) is 30.3 Å². The van der Waals surface area contributed by atoms with E-state index >= 15 is 0 Å². The van der Waals surface area contributed by atoms with Crippen LogP contribution in [0.3, 0.4) is 0 Å². The van der Waals surface area contributed by atoms with Gasteiger partial charge in [0.15, 0.2) is 5.76 Å². The molecule has 5 nitrogen and oxygen atoms in total. The maximum absolute atomic E-state index is 12.3. The van der Waals surface area contributed by atoms with Crippen LogP contribution >= 0.6 is 11.6 Å². The van der Waals surface area contributed by atoms with Crippen molar-refractivity contribution < 1.29 is 18.2 Å². The number of rotatable bonds is 4. The second kappa shape index (κ2) is 7.29. The molecule has 1 atom stereocenters. The van der Waals surface area contributed by atoms with Crippen LogP contribution in [0.2, 0.25) is 5.02 Å². The van der Waals surface area contributed by atoms with Gasteiger partial charge < -0.3 is 14.1 Å². The fourth-order valence-electron chi connectivity index (χ4n) is 2.31. The van der Waals surface area contributed by atoms with Crippen molar-refractivity contribution in [2.45, 2.75) is 10.6 Å². The van der Waals surface area contributed by atoms with E-state index in [1.54, 1.807) is 41.3 Å². The van der Waals surface area contributed by atoms with Crippen LogP contribution in [0.4, 0.5) is 0 Å². The first-order valence-corrected chi connectivity index (χ1v) is 8.93. The predicted molar refractivity (Wildman–Crippen MR) is 87.0 cm³/mol. The normalized spacial score (nSPS) is 16.3. The number of ether oxygens (including phenoxy) is 1. The SMILES string of the molecule is O=C(c1ccc(C[S@](=O)c2cccc(Cl)c2)o1)N1CCOCC1. The number of amides is 1. The van der Waals surface area contributed by atoms with Gasteiger partial charge in [0.2, 0.25) is 0 Å². The molecule has 2 aromatic rings. The minimum Gasteiger partial charge on any atom is -0.455 e. The van der Waals surface area contributed by atoms with Crippen LogP contribution in [-0.4, -0.2) is 41.3 Å². The highest BCUT2D eigenvalue weighted by atomic mass is 35.5. The minimum atomic E-state index is -1.27. The van der Waals surface area contributed by atoms with Crippen LogP contribution in [0.1, 0.15) is 16.3 Å². The number of hydrogen-bond acceptors (Lipinski definition) is 4. The molecular formula is C16H16ClNO4S. The summed E-state index contributed by atoms with van der Waals surface area (Å²) in [5.74, 6) is 0.828. The Bertz CT molecular complexity index is 724. The Morgan fingerprint density at radius 2 is 2.00 bits per heavy atom. The van der Waals surface area contributed by atoms with Gasteiger partial charge in [-0.3, -0.25) is 9.00 Å². The average molecular weight is 354 g/mol. The third-order valence-electron chi connectivity index (χ3n) is 3.50. The lowest BCUT2D eigenvalue weighted by Crippen LogP contribution is -2.40. The van der Waals surface area contributed by atoms with E-state index in [0.29, 0.717) is 42.0 Å². The van der Waals surface area contributed by atoms with Gasteiger partial charge in [0.1, 0.15) is 5.76 Å². The molecule has 1 aromatic carbocycles.